The second-order valence-corrected chi connectivity index (χ2v) is 6.11. The van der Waals surface area contributed by atoms with Gasteiger partial charge < -0.3 is 19.5 Å². The van der Waals surface area contributed by atoms with Gasteiger partial charge in [-0.1, -0.05) is 31.2 Å². The van der Waals surface area contributed by atoms with E-state index in [0.717, 1.165) is 17.5 Å². The van der Waals surface area contributed by atoms with Gasteiger partial charge in [-0.15, -0.1) is 0 Å². The van der Waals surface area contributed by atoms with E-state index in [9.17, 15) is 4.79 Å². The third-order valence-electron chi connectivity index (χ3n) is 4.40. The molecule has 0 unspecified atom stereocenters. The van der Waals surface area contributed by atoms with Crippen molar-refractivity contribution in [3.05, 3.63) is 59.2 Å². The number of hydrogen-bond acceptors (Lipinski definition) is 4. The van der Waals surface area contributed by atoms with Crippen molar-refractivity contribution in [3.8, 4) is 17.2 Å². The highest BCUT2D eigenvalue weighted by molar-refractivity contribution is 5.92. The highest BCUT2D eigenvalue weighted by Gasteiger charge is 2.11. The molecule has 0 saturated carbocycles. The smallest absolute Gasteiger partial charge is 0.244 e. The Bertz CT molecular complexity index is 797. The van der Waals surface area contributed by atoms with Crippen molar-refractivity contribution in [1.29, 1.82) is 0 Å². The predicted octanol–water partition coefficient (Wildman–Crippen LogP) is 4.17. The van der Waals surface area contributed by atoms with Crippen LogP contribution in [0.3, 0.4) is 0 Å². The Balaban J connectivity index is 2.11. The number of methoxy groups -OCH3 is 3. The first-order valence-corrected chi connectivity index (χ1v) is 8.89. The van der Waals surface area contributed by atoms with Gasteiger partial charge >= 0.3 is 0 Å². The third-order valence-corrected chi connectivity index (χ3v) is 4.40. The highest BCUT2D eigenvalue weighted by atomic mass is 16.5. The molecule has 0 aliphatic carbocycles. The zero-order valence-corrected chi connectivity index (χ0v) is 16.5. The largest absolute Gasteiger partial charge is 0.496 e. The van der Waals surface area contributed by atoms with Gasteiger partial charge in [-0.3, -0.25) is 4.79 Å². The maximum atomic E-state index is 12.3. The van der Waals surface area contributed by atoms with E-state index in [2.05, 4.69) is 24.4 Å². The zero-order valence-electron chi connectivity index (χ0n) is 16.5. The molecule has 0 spiro atoms. The lowest BCUT2D eigenvalue weighted by molar-refractivity contribution is -0.117. The topological polar surface area (TPSA) is 56.8 Å². The fraction of sp³-hybridized carbons (Fsp3) is 0.318. The van der Waals surface area contributed by atoms with Gasteiger partial charge in [0.2, 0.25) is 5.91 Å². The number of carbonyl (C=O) groups is 1. The standard InChI is InChI=1S/C22H27NO4/c1-6-16-7-9-17(10-8-16)15(2)23-22(24)12-11-18-13-20(26-4)21(27-5)14-19(18)25-3/h7-15H,6H2,1-5H3,(H,23,24)/b12-11+/t15-/m1/s1. The summed E-state index contributed by atoms with van der Waals surface area (Å²) in [6, 6.07) is 11.7. The van der Waals surface area contributed by atoms with Gasteiger partial charge in [0.1, 0.15) is 5.75 Å². The van der Waals surface area contributed by atoms with Crippen molar-refractivity contribution in [1.82, 2.24) is 5.32 Å². The molecule has 1 amide bonds. The second kappa shape index (κ2) is 9.67. The van der Waals surface area contributed by atoms with E-state index in [0.29, 0.717) is 17.2 Å². The highest BCUT2D eigenvalue weighted by Crippen LogP contribution is 2.35. The summed E-state index contributed by atoms with van der Waals surface area (Å²) in [5.74, 6) is 1.56. The van der Waals surface area contributed by atoms with E-state index >= 15 is 0 Å². The van der Waals surface area contributed by atoms with E-state index < -0.39 is 0 Å². The Kier molecular flexibility index (Phi) is 7.29. The van der Waals surface area contributed by atoms with Gasteiger partial charge in [-0.25, -0.2) is 0 Å². The minimum Gasteiger partial charge on any atom is -0.496 e. The number of ether oxygens (including phenoxy) is 3. The Morgan fingerprint density at radius 1 is 1.00 bits per heavy atom. The van der Waals surface area contributed by atoms with Crippen molar-refractivity contribution >= 4 is 12.0 Å². The van der Waals surface area contributed by atoms with Crippen molar-refractivity contribution < 1.29 is 19.0 Å². The van der Waals surface area contributed by atoms with Crippen LogP contribution in [0.15, 0.2) is 42.5 Å². The van der Waals surface area contributed by atoms with Crippen molar-refractivity contribution in [2.45, 2.75) is 26.3 Å². The van der Waals surface area contributed by atoms with E-state index in [1.54, 1.807) is 39.5 Å². The molecule has 27 heavy (non-hydrogen) atoms. The minimum absolute atomic E-state index is 0.0830. The lowest BCUT2D eigenvalue weighted by atomic mass is 10.0. The Labute approximate surface area is 161 Å². The molecule has 0 fully saturated rings. The van der Waals surface area contributed by atoms with Gasteiger partial charge in [-0.2, -0.15) is 0 Å². The van der Waals surface area contributed by atoms with Gasteiger partial charge in [0.25, 0.3) is 0 Å². The summed E-state index contributed by atoms with van der Waals surface area (Å²) in [7, 11) is 4.70. The molecule has 0 aliphatic rings. The minimum atomic E-state index is -0.182. The molecule has 2 rings (SSSR count). The number of carbonyl (C=O) groups excluding carboxylic acids is 1. The SMILES string of the molecule is CCc1ccc([C@@H](C)NC(=O)/C=C/c2cc(OC)c(OC)cc2OC)cc1. The van der Waals surface area contributed by atoms with E-state index in [1.807, 2.05) is 19.1 Å². The van der Waals surface area contributed by atoms with Gasteiger partial charge in [0, 0.05) is 17.7 Å². The van der Waals surface area contributed by atoms with Crippen molar-refractivity contribution in [2.75, 3.05) is 21.3 Å². The molecule has 0 aliphatic heterocycles. The fourth-order valence-corrected chi connectivity index (χ4v) is 2.74. The van der Waals surface area contributed by atoms with Crippen LogP contribution in [-0.2, 0) is 11.2 Å². The maximum absolute atomic E-state index is 12.3. The van der Waals surface area contributed by atoms with Crippen LogP contribution in [0.5, 0.6) is 17.2 Å². The Hall–Kier alpha value is -2.95. The molecule has 2 aromatic rings. The molecular formula is C22H27NO4. The molecule has 2 aromatic carbocycles. The average Bonchev–Trinajstić information content (AvgIpc) is 2.71. The van der Waals surface area contributed by atoms with Crippen LogP contribution in [0.25, 0.3) is 6.08 Å². The summed E-state index contributed by atoms with van der Waals surface area (Å²) >= 11 is 0. The third kappa shape index (κ3) is 5.26. The number of aryl methyl sites for hydroxylation is 1. The number of hydrogen-bond donors (Lipinski definition) is 1. The van der Waals surface area contributed by atoms with Crippen LogP contribution in [0.4, 0.5) is 0 Å². The molecular weight excluding hydrogens is 342 g/mol. The first-order valence-electron chi connectivity index (χ1n) is 8.89. The predicted molar refractivity (Wildman–Crippen MR) is 108 cm³/mol. The molecule has 0 bridgehead atoms. The number of nitrogens with one attached hydrogen (secondary N) is 1. The average molecular weight is 369 g/mol. The summed E-state index contributed by atoms with van der Waals surface area (Å²) in [6.07, 6.45) is 4.18. The van der Waals surface area contributed by atoms with Crippen LogP contribution in [0.2, 0.25) is 0 Å². The molecule has 0 aromatic heterocycles. The quantitative estimate of drug-likeness (QED) is 0.710. The number of benzene rings is 2. The normalized spacial score (nSPS) is 11.9. The first-order chi connectivity index (χ1) is 13.0. The zero-order chi connectivity index (χ0) is 19.8. The lowest BCUT2D eigenvalue weighted by Gasteiger charge is -2.14. The van der Waals surface area contributed by atoms with Gasteiger partial charge in [0.15, 0.2) is 11.5 Å². The Morgan fingerprint density at radius 3 is 2.15 bits per heavy atom. The molecule has 0 radical (unpaired) electrons. The first kappa shape index (κ1) is 20.4. The van der Waals surface area contributed by atoms with Crippen LogP contribution in [0.1, 0.15) is 36.6 Å². The molecule has 1 N–H and O–H groups in total. The molecule has 144 valence electrons. The van der Waals surface area contributed by atoms with Crippen LogP contribution in [-0.4, -0.2) is 27.2 Å². The van der Waals surface area contributed by atoms with Crippen molar-refractivity contribution in [2.24, 2.45) is 0 Å². The molecule has 0 heterocycles. The molecule has 5 nitrogen and oxygen atoms in total. The summed E-state index contributed by atoms with van der Waals surface area (Å²) in [5, 5.41) is 2.97. The summed E-state index contributed by atoms with van der Waals surface area (Å²) in [6.45, 7) is 4.08. The summed E-state index contributed by atoms with van der Waals surface area (Å²) in [5.41, 5.74) is 3.07. The van der Waals surface area contributed by atoms with Crippen LogP contribution in [0, 0.1) is 0 Å². The maximum Gasteiger partial charge on any atom is 0.244 e. The second-order valence-electron chi connectivity index (χ2n) is 6.11. The van der Waals surface area contributed by atoms with E-state index in [1.165, 1.54) is 11.6 Å². The van der Waals surface area contributed by atoms with E-state index in [-0.39, 0.29) is 11.9 Å². The van der Waals surface area contributed by atoms with E-state index in [4.69, 9.17) is 14.2 Å². The van der Waals surface area contributed by atoms with Gasteiger partial charge in [-0.05, 0) is 36.6 Å². The van der Waals surface area contributed by atoms with Crippen LogP contribution >= 0.6 is 0 Å². The number of amides is 1. The van der Waals surface area contributed by atoms with Crippen molar-refractivity contribution in [3.63, 3.8) is 0 Å². The summed E-state index contributed by atoms with van der Waals surface area (Å²) < 4.78 is 16.0. The fourth-order valence-electron chi connectivity index (χ4n) is 2.74. The number of rotatable bonds is 8. The monoisotopic (exact) mass is 369 g/mol. The lowest BCUT2D eigenvalue weighted by Crippen LogP contribution is -2.24. The van der Waals surface area contributed by atoms with Crippen LogP contribution < -0.4 is 19.5 Å². The van der Waals surface area contributed by atoms with Gasteiger partial charge in [0.05, 0.1) is 27.4 Å². The molecule has 0 saturated heterocycles. The molecule has 5 heteroatoms. The molecule has 1 atom stereocenters. The summed E-state index contributed by atoms with van der Waals surface area (Å²) in [4.78, 5) is 12.3. The Morgan fingerprint density at radius 2 is 1.59 bits per heavy atom.